The van der Waals surface area contributed by atoms with E-state index in [9.17, 15) is 0 Å². The highest BCUT2D eigenvalue weighted by Gasteiger charge is 1.42. The average Bonchev–Trinajstić information content (AvgIpc) is 1.69. The molecule has 0 saturated heterocycles. The maximum absolute atomic E-state index is 3.53. The first-order chi connectivity index (χ1) is 3.41. The van der Waals surface area contributed by atoms with Crippen LogP contribution in [0.5, 0.6) is 0 Å². The van der Waals surface area contributed by atoms with Crippen LogP contribution in [-0.4, -0.2) is 5.87 Å². The number of hydrogen-bond donors (Lipinski definition) is 0. The van der Waals surface area contributed by atoms with Gasteiger partial charge in [-0.05, 0) is 13.0 Å². The molecule has 0 aliphatic heterocycles. The van der Waals surface area contributed by atoms with Gasteiger partial charge >= 0.3 is 0 Å². The van der Waals surface area contributed by atoms with E-state index in [4.69, 9.17) is 0 Å². The quantitative estimate of drug-likeness (QED) is 0.344. The fourth-order valence-corrected chi connectivity index (χ4v) is 0.147. The largest absolute Gasteiger partial charge is 0.206 e. The summed E-state index contributed by atoms with van der Waals surface area (Å²) in [7, 11) is 0. The standard InChI is InChI=1S/C6H7N/c1-3-5-6-7-4-2/h3-4H,2H2,1H3. The minimum Gasteiger partial charge on any atom is -0.206 e. The Morgan fingerprint density at radius 3 is 2.86 bits per heavy atom. The van der Waals surface area contributed by atoms with Crippen LogP contribution in [0, 0.1) is 0 Å². The molecule has 0 heterocycles. The van der Waals surface area contributed by atoms with Gasteiger partial charge in [0.15, 0.2) is 0 Å². The van der Waals surface area contributed by atoms with Crippen LogP contribution < -0.4 is 0 Å². The lowest BCUT2D eigenvalue weighted by Gasteiger charge is -1.53. The zero-order chi connectivity index (χ0) is 5.54. The lowest BCUT2D eigenvalue weighted by molar-refractivity contribution is 1.64. The van der Waals surface area contributed by atoms with Gasteiger partial charge in [0.1, 0.15) is 0 Å². The predicted octanol–water partition coefficient (Wildman–Crippen LogP) is 1.53. The van der Waals surface area contributed by atoms with Crippen molar-refractivity contribution >= 4 is 5.87 Å². The molecule has 1 heteroatoms. The van der Waals surface area contributed by atoms with Crippen LogP contribution in [0.1, 0.15) is 6.92 Å². The van der Waals surface area contributed by atoms with Gasteiger partial charge in [-0.25, -0.2) is 4.99 Å². The number of nitrogens with zero attached hydrogens (tertiary/aromatic N) is 1. The molecule has 0 saturated carbocycles. The second-order valence-electron chi connectivity index (χ2n) is 0.856. The fraction of sp³-hybridized carbons (Fsp3) is 0.167. The Hall–Kier alpha value is -1.03. The fourth-order valence-electron chi connectivity index (χ4n) is 0.147. The number of rotatable bonds is 1. The van der Waals surface area contributed by atoms with Gasteiger partial charge in [-0.15, -0.1) is 0 Å². The second-order valence-corrected chi connectivity index (χ2v) is 0.856. The van der Waals surface area contributed by atoms with Gasteiger partial charge in [0, 0.05) is 12.1 Å². The van der Waals surface area contributed by atoms with E-state index in [1.165, 1.54) is 6.20 Å². The van der Waals surface area contributed by atoms with Gasteiger partial charge in [-0.3, -0.25) is 0 Å². The van der Waals surface area contributed by atoms with Crippen molar-refractivity contribution in [2.75, 3.05) is 0 Å². The minimum absolute atomic E-state index is 1.41. The van der Waals surface area contributed by atoms with Crippen molar-refractivity contribution in [3.8, 4) is 0 Å². The predicted molar refractivity (Wildman–Crippen MR) is 31.4 cm³/mol. The van der Waals surface area contributed by atoms with Gasteiger partial charge in [0.25, 0.3) is 0 Å². The molecule has 0 amide bonds. The second kappa shape index (κ2) is 4.97. The van der Waals surface area contributed by atoms with E-state index in [-0.39, 0.29) is 0 Å². The van der Waals surface area contributed by atoms with E-state index in [2.05, 4.69) is 23.2 Å². The van der Waals surface area contributed by atoms with Crippen LogP contribution in [-0.2, 0) is 0 Å². The Balaban J connectivity index is 3.88. The average molecular weight is 93.1 g/mol. The van der Waals surface area contributed by atoms with Crippen molar-refractivity contribution in [2.45, 2.75) is 6.92 Å². The highest BCUT2D eigenvalue weighted by atomic mass is 14.6. The maximum atomic E-state index is 3.53. The van der Waals surface area contributed by atoms with E-state index in [0.717, 1.165) is 0 Å². The lowest BCUT2D eigenvalue weighted by Crippen LogP contribution is -1.41. The molecule has 7 heavy (non-hydrogen) atoms. The SMILES string of the molecule is C=CN=C=C=CC. The first-order valence-corrected chi connectivity index (χ1v) is 2.01. The molecule has 36 valence electrons. The molecule has 0 spiro atoms. The molecule has 0 aliphatic carbocycles. The van der Waals surface area contributed by atoms with Crippen LogP contribution in [0.25, 0.3) is 0 Å². The lowest BCUT2D eigenvalue weighted by atomic mass is 10.7. The maximum Gasteiger partial charge on any atom is 0.0381 e. The van der Waals surface area contributed by atoms with Crippen LogP contribution in [0.15, 0.2) is 29.6 Å². The summed E-state index contributed by atoms with van der Waals surface area (Å²) in [6.07, 6.45) is 3.14. The summed E-state index contributed by atoms with van der Waals surface area (Å²) in [5.74, 6) is 2.49. The summed E-state index contributed by atoms with van der Waals surface area (Å²) in [5, 5.41) is 0. The molecule has 0 aliphatic rings. The first-order valence-electron chi connectivity index (χ1n) is 2.01. The van der Waals surface area contributed by atoms with Crippen LogP contribution >= 0.6 is 0 Å². The van der Waals surface area contributed by atoms with Crippen LogP contribution in [0.2, 0.25) is 0 Å². The van der Waals surface area contributed by atoms with E-state index < -0.39 is 0 Å². The smallest absolute Gasteiger partial charge is 0.0381 e. The van der Waals surface area contributed by atoms with E-state index in [1.54, 1.807) is 6.08 Å². The zero-order valence-electron chi connectivity index (χ0n) is 4.31. The number of aliphatic imine (C=N–C) groups is 1. The molecule has 0 unspecified atom stereocenters. The highest BCUT2D eigenvalue weighted by molar-refractivity contribution is 5.50. The first kappa shape index (κ1) is 5.97. The van der Waals surface area contributed by atoms with Gasteiger partial charge in [-0.1, -0.05) is 12.3 Å². The third kappa shape index (κ3) is 4.97. The van der Waals surface area contributed by atoms with Crippen molar-refractivity contribution in [1.29, 1.82) is 0 Å². The summed E-state index contributed by atoms with van der Waals surface area (Å²) >= 11 is 0. The van der Waals surface area contributed by atoms with E-state index in [1.807, 2.05) is 6.92 Å². The molecule has 0 fully saturated rings. The molecule has 0 N–H and O–H groups in total. The molecule has 0 aromatic carbocycles. The minimum atomic E-state index is 1.41. The van der Waals surface area contributed by atoms with E-state index >= 15 is 0 Å². The van der Waals surface area contributed by atoms with Crippen LogP contribution in [0.4, 0.5) is 0 Å². The summed E-state index contributed by atoms with van der Waals surface area (Å²) in [6, 6.07) is 0. The summed E-state index contributed by atoms with van der Waals surface area (Å²) in [6.45, 7) is 5.20. The molecule has 0 bridgehead atoms. The normalized spacial score (nSPS) is 5.29. The summed E-state index contributed by atoms with van der Waals surface area (Å²) in [5.41, 5.74) is 2.64. The summed E-state index contributed by atoms with van der Waals surface area (Å²) in [4.78, 5) is 3.53. The van der Waals surface area contributed by atoms with Crippen molar-refractivity contribution in [2.24, 2.45) is 4.99 Å². The van der Waals surface area contributed by atoms with Gasteiger partial charge in [-0.2, -0.15) is 0 Å². The summed E-state index contributed by atoms with van der Waals surface area (Å²) < 4.78 is 0. The Kier molecular flexibility index (Phi) is 4.24. The molecule has 0 rings (SSSR count). The zero-order valence-corrected chi connectivity index (χ0v) is 4.31. The Morgan fingerprint density at radius 2 is 2.43 bits per heavy atom. The van der Waals surface area contributed by atoms with Crippen molar-refractivity contribution < 1.29 is 0 Å². The van der Waals surface area contributed by atoms with Gasteiger partial charge in [0.2, 0.25) is 0 Å². The van der Waals surface area contributed by atoms with Crippen molar-refractivity contribution in [3.05, 3.63) is 24.6 Å². The Bertz CT molecular complexity index is 132. The molecule has 0 radical (unpaired) electrons. The van der Waals surface area contributed by atoms with Gasteiger partial charge < -0.3 is 0 Å². The number of hydrogen-bond acceptors (Lipinski definition) is 1. The molecular weight excluding hydrogens is 86.1 g/mol. The van der Waals surface area contributed by atoms with Crippen molar-refractivity contribution in [1.82, 2.24) is 0 Å². The topological polar surface area (TPSA) is 12.4 Å². The molecule has 1 nitrogen and oxygen atoms in total. The van der Waals surface area contributed by atoms with Crippen molar-refractivity contribution in [3.63, 3.8) is 0 Å². The molecule has 0 atom stereocenters. The van der Waals surface area contributed by atoms with Crippen LogP contribution in [0.3, 0.4) is 0 Å². The molecule has 0 aromatic heterocycles. The Morgan fingerprint density at radius 1 is 1.71 bits per heavy atom. The molecule has 0 aromatic rings. The third-order valence-electron chi connectivity index (χ3n) is 0.365. The Labute approximate surface area is 43.4 Å². The highest BCUT2D eigenvalue weighted by Crippen LogP contribution is 1.57. The third-order valence-corrected chi connectivity index (χ3v) is 0.365. The van der Waals surface area contributed by atoms with E-state index in [0.29, 0.717) is 0 Å². The number of allylic oxidation sites excluding steroid dienone is 1. The monoisotopic (exact) mass is 93.1 g/mol. The molecular formula is C6H7N. The van der Waals surface area contributed by atoms with Gasteiger partial charge in [0.05, 0.1) is 0 Å².